The molecule has 0 saturated carbocycles. The fraction of sp³-hybridized carbons (Fsp3) is 0.114. The molecular weight excluding hydrogens is 704 g/mol. The number of benzene rings is 6. The van der Waals surface area contributed by atoms with Gasteiger partial charge in [0, 0.05) is 41.2 Å². The number of hydrogen-bond acceptors (Lipinski definition) is 5. The number of rotatable bonds is 14. The van der Waals surface area contributed by atoms with Crippen molar-refractivity contribution in [1.29, 1.82) is 0 Å². The first-order chi connectivity index (χ1) is 25.8. The molecule has 266 valence electrons. The molecule has 7 aromatic rings. The molecule has 0 bridgehead atoms. The summed E-state index contributed by atoms with van der Waals surface area (Å²) in [7, 11) is -3.69. The van der Waals surface area contributed by atoms with Crippen LogP contribution in [0.25, 0.3) is 10.9 Å². The van der Waals surface area contributed by atoms with Gasteiger partial charge in [0.05, 0.1) is 33.5 Å². The van der Waals surface area contributed by atoms with Crippen molar-refractivity contribution in [3.8, 4) is 5.75 Å². The summed E-state index contributed by atoms with van der Waals surface area (Å²) in [6, 6.07) is 48.4. The summed E-state index contributed by atoms with van der Waals surface area (Å²) < 4.78 is 35.4. The molecule has 6 aromatic carbocycles. The third-order valence-electron chi connectivity index (χ3n) is 9.28. The van der Waals surface area contributed by atoms with Crippen molar-refractivity contribution in [2.45, 2.75) is 28.7 Å². The Morgan fingerprint density at radius 2 is 1.34 bits per heavy atom. The lowest BCUT2D eigenvalue weighted by atomic mass is 9.97. The molecule has 0 amide bonds. The molecule has 1 heterocycles. The fourth-order valence-electron chi connectivity index (χ4n) is 6.81. The summed E-state index contributed by atoms with van der Waals surface area (Å²) in [5.74, 6) is -0.404. The minimum atomic E-state index is -3.69. The van der Waals surface area contributed by atoms with Crippen LogP contribution in [-0.4, -0.2) is 37.2 Å². The molecule has 0 atom stereocenters. The number of aromatic nitrogens is 1. The predicted molar refractivity (Wildman–Crippen MR) is 210 cm³/mol. The standard InChI is InChI=1S/C44H37ClN2O5S/c45-34-21-24-39-40(26-28-52-36-22-19-33(20-23-36)44(48)49)41(25-27-46-35-15-10-18-38(30-35)53(50,51)37-16-8-3-9-17-37)47(42(39)29-34)43(31-11-4-1-5-12-31)32-13-6-2-7-14-32/h1-24,29-30,43,46H,25-28H2,(H,48,49). The van der Waals surface area contributed by atoms with E-state index in [0.717, 1.165) is 33.3 Å². The molecule has 9 heteroatoms. The zero-order valence-electron chi connectivity index (χ0n) is 28.7. The van der Waals surface area contributed by atoms with Gasteiger partial charge in [0.15, 0.2) is 0 Å². The van der Waals surface area contributed by atoms with Crippen LogP contribution in [0.15, 0.2) is 168 Å². The molecule has 0 radical (unpaired) electrons. The Kier molecular flexibility index (Phi) is 10.6. The van der Waals surface area contributed by atoms with E-state index in [1.54, 1.807) is 60.7 Å². The third kappa shape index (κ3) is 7.84. The van der Waals surface area contributed by atoms with Gasteiger partial charge in [-0.1, -0.05) is 103 Å². The summed E-state index contributed by atoms with van der Waals surface area (Å²) >= 11 is 6.71. The van der Waals surface area contributed by atoms with Gasteiger partial charge in [0.25, 0.3) is 0 Å². The van der Waals surface area contributed by atoms with Crippen molar-refractivity contribution in [3.05, 3.63) is 191 Å². The highest BCUT2D eigenvalue weighted by atomic mass is 35.5. The maximum Gasteiger partial charge on any atom is 0.335 e. The van der Waals surface area contributed by atoms with Crippen LogP contribution in [-0.2, 0) is 22.7 Å². The average molecular weight is 741 g/mol. The van der Waals surface area contributed by atoms with Crippen molar-refractivity contribution in [1.82, 2.24) is 4.57 Å². The van der Waals surface area contributed by atoms with E-state index in [1.165, 1.54) is 12.1 Å². The second-order valence-electron chi connectivity index (χ2n) is 12.6. The second kappa shape index (κ2) is 15.8. The van der Waals surface area contributed by atoms with Crippen molar-refractivity contribution >= 4 is 44.0 Å². The van der Waals surface area contributed by atoms with E-state index in [-0.39, 0.29) is 21.4 Å². The number of carboxylic acids is 1. The Hall–Kier alpha value is -5.83. The van der Waals surface area contributed by atoms with E-state index in [2.05, 4.69) is 40.2 Å². The van der Waals surface area contributed by atoms with Crippen LogP contribution in [0, 0.1) is 0 Å². The van der Waals surface area contributed by atoms with Crippen LogP contribution in [0.5, 0.6) is 5.75 Å². The number of carbonyl (C=O) groups is 1. The van der Waals surface area contributed by atoms with Crippen LogP contribution < -0.4 is 10.1 Å². The second-order valence-corrected chi connectivity index (χ2v) is 15.0. The van der Waals surface area contributed by atoms with Gasteiger partial charge in [-0.05, 0) is 83.4 Å². The molecule has 0 fully saturated rings. The number of aromatic carboxylic acids is 1. The molecule has 1 aromatic heterocycles. The smallest absolute Gasteiger partial charge is 0.335 e. The van der Waals surface area contributed by atoms with Crippen molar-refractivity contribution in [3.63, 3.8) is 0 Å². The lowest BCUT2D eigenvalue weighted by Gasteiger charge is -2.25. The van der Waals surface area contributed by atoms with Crippen LogP contribution in [0.4, 0.5) is 5.69 Å². The Morgan fingerprint density at radius 3 is 1.98 bits per heavy atom. The predicted octanol–water partition coefficient (Wildman–Crippen LogP) is 9.74. The quantitative estimate of drug-likeness (QED) is 0.115. The van der Waals surface area contributed by atoms with Crippen molar-refractivity contribution < 1.29 is 23.1 Å². The minimum Gasteiger partial charge on any atom is -0.493 e. The Bertz CT molecular complexity index is 2410. The first-order valence-electron chi connectivity index (χ1n) is 17.3. The number of anilines is 1. The van der Waals surface area contributed by atoms with Gasteiger partial charge in [0.2, 0.25) is 9.84 Å². The maximum atomic E-state index is 13.4. The Labute approximate surface area is 314 Å². The molecule has 0 saturated heterocycles. The summed E-state index contributed by atoms with van der Waals surface area (Å²) in [4.78, 5) is 11.8. The lowest BCUT2D eigenvalue weighted by molar-refractivity contribution is 0.0697. The summed E-state index contributed by atoms with van der Waals surface area (Å²) in [5.41, 5.74) is 6.31. The zero-order chi connectivity index (χ0) is 36.8. The number of carboxylic acid groups (broad SMARTS) is 1. The number of nitrogens with one attached hydrogen (secondary N) is 1. The van der Waals surface area contributed by atoms with E-state index in [0.29, 0.717) is 42.5 Å². The van der Waals surface area contributed by atoms with E-state index in [9.17, 15) is 18.3 Å². The van der Waals surface area contributed by atoms with Crippen LogP contribution in [0.3, 0.4) is 0 Å². The normalized spacial score (nSPS) is 11.5. The number of sulfone groups is 1. The number of halogens is 1. The highest BCUT2D eigenvalue weighted by Gasteiger charge is 2.26. The molecule has 0 aliphatic rings. The largest absolute Gasteiger partial charge is 0.493 e. The lowest BCUT2D eigenvalue weighted by Crippen LogP contribution is -2.18. The SMILES string of the molecule is O=C(O)c1ccc(OCCc2c(CCNc3cccc(S(=O)(=O)c4ccccc4)c3)n(C(c3ccccc3)c3ccccc3)c3cc(Cl)ccc23)cc1. The van der Waals surface area contributed by atoms with Crippen molar-refractivity contribution in [2.75, 3.05) is 18.5 Å². The molecule has 0 aliphatic carbocycles. The molecule has 0 aliphatic heterocycles. The van der Waals surface area contributed by atoms with Gasteiger partial charge in [-0.25, -0.2) is 13.2 Å². The highest BCUT2D eigenvalue weighted by Crippen LogP contribution is 2.38. The average Bonchev–Trinajstić information content (AvgIpc) is 3.47. The van der Waals surface area contributed by atoms with Gasteiger partial charge in [0.1, 0.15) is 5.75 Å². The number of hydrogen-bond donors (Lipinski definition) is 2. The van der Waals surface area contributed by atoms with E-state index in [1.807, 2.05) is 54.6 Å². The fourth-order valence-corrected chi connectivity index (χ4v) is 8.30. The monoisotopic (exact) mass is 740 g/mol. The summed E-state index contributed by atoms with van der Waals surface area (Å²) in [6.45, 7) is 0.870. The first kappa shape index (κ1) is 35.6. The van der Waals surface area contributed by atoms with Crippen LogP contribution in [0.1, 0.15) is 38.8 Å². The molecule has 53 heavy (non-hydrogen) atoms. The van der Waals surface area contributed by atoms with Crippen LogP contribution in [0.2, 0.25) is 5.02 Å². The Balaban J connectivity index is 1.27. The zero-order valence-corrected chi connectivity index (χ0v) is 30.3. The summed E-state index contributed by atoms with van der Waals surface area (Å²) in [5, 5.41) is 14.5. The summed E-state index contributed by atoms with van der Waals surface area (Å²) in [6.07, 6.45) is 1.17. The van der Waals surface area contributed by atoms with Gasteiger partial charge in [-0.3, -0.25) is 0 Å². The molecule has 0 spiro atoms. The molecule has 2 N–H and O–H groups in total. The van der Waals surface area contributed by atoms with E-state index >= 15 is 0 Å². The van der Waals surface area contributed by atoms with Crippen molar-refractivity contribution in [2.24, 2.45) is 0 Å². The molecule has 7 nitrogen and oxygen atoms in total. The van der Waals surface area contributed by atoms with Gasteiger partial charge < -0.3 is 19.7 Å². The molecule has 7 rings (SSSR count). The third-order valence-corrected chi connectivity index (χ3v) is 11.3. The van der Waals surface area contributed by atoms with E-state index < -0.39 is 15.8 Å². The minimum absolute atomic E-state index is 0.175. The molecular formula is C44H37ClN2O5S. The van der Waals surface area contributed by atoms with Gasteiger partial charge in [-0.2, -0.15) is 0 Å². The van der Waals surface area contributed by atoms with Crippen LogP contribution >= 0.6 is 11.6 Å². The number of nitrogens with zero attached hydrogens (tertiary/aromatic N) is 1. The molecule has 0 unspecified atom stereocenters. The topological polar surface area (TPSA) is 97.6 Å². The Morgan fingerprint density at radius 1 is 0.717 bits per heavy atom. The van der Waals surface area contributed by atoms with Gasteiger partial charge >= 0.3 is 5.97 Å². The first-order valence-corrected chi connectivity index (χ1v) is 19.2. The van der Waals surface area contributed by atoms with Gasteiger partial charge in [-0.15, -0.1) is 0 Å². The highest BCUT2D eigenvalue weighted by molar-refractivity contribution is 7.91. The maximum absolute atomic E-state index is 13.4. The number of fused-ring (bicyclic) bond motifs is 1. The van der Waals surface area contributed by atoms with E-state index in [4.69, 9.17) is 16.3 Å². The number of ether oxygens (including phenoxy) is 1.